The van der Waals surface area contributed by atoms with E-state index in [0.29, 0.717) is 0 Å². The first-order valence-electron chi connectivity index (χ1n) is 7.96. The Balaban J connectivity index is 1.80. The molecule has 0 bridgehead atoms. The lowest BCUT2D eigenvalue weighted by Crippen LogP contribution is -2.48. The third kappa shape index (κ3) is 3.47. The van der Waals surface area contributed by atoms with Crippen LogP contribution < -0.4 is 5.32 Å². The van der Waals surface area contributed by atoms with Crippen molar-refractivity contribution in [1.82, 2.24) is 5.32 Å². The van der Waals surface area contributed by atoms with Crippen molar-refractivity contribution in [2.45, 2.75) is 84.2 Å². The van der Waals surface area contributed by atoms with E-state index in [-0.39, 0.29) is 0 Å². The van der Waals surface area contributed by atoms with Crippen LogP contribution in [0.25, 0.3) is 0 Å². The van der Waals surface area contributed by atoms with E-state index in [0.717, 1.165) is 29.8 Å². The second-order valence-corrected chi connectivity index (χ2v) is 6.70. The molecule has 100 valence electrons. The Hall–Kier alpha value is -0.0400. The van der Waals surface area contributed by atoms with Crippen LogP contribution in [0, 0.1) is 17.8 Å². The van der Waals surface area contributed by atoms with Crippen molar-refractivity contribution in [3.05, 3.63) is 0 Å². The Kier molecular flexibility index (Phi) is 4.90. The van der Waals surface area contributed by atoms with Gasteiger partial charge in [0.05, 0.1) is 0 Å². The van der Waals surface area contributed by atoms with Crippen molar-refractivity contribution in [3.8, 4) is 0 Å². The van der Waals surface area contributed by atoms with Crippen molar-refractivity contribution in [3.63, 3.8) is 0 Å². The third-order valence-corrected chi connectivity index (χ3v) is 5.40. The van der Waals surface area contributed by atoms with E-state index >= 15 is 0 Å². The minimum absolute atomic E-state index is 0.798. The van der Waals surface area contributed by atoms with E-state index < -0.39 is 0 Å². The van der Waals surface area contributed by atoms with Gasteiger partial charge in [0.15, 0.2) is 0 Å². The summed E-state index contributed by atoms with van der Waals surface area (Å²) in [5, 5.41) is 4.00. The molecule has 0 aromatic carbocycles. The quantitative estimate of drug-likeness (QED) is 0.768. The van der Waals surface area contributed by atoms with Gasteiger partial charge < -0.3 is 5.32 Å². The maximum Gasteiger partial charge on any atom is 0.0121 e. The molecular weight excluding hydrogens is 206 g/mol. The monoisotopic (exact) mass is 237 g/mol. The van der Waals surface area contributed by atoms with Gasteiger partial charge in [0.2, 0.25) is 0 Å². The predicted molar refractivity (Wildman–Crippen MR) is 75.1 cm³/mol. The maximum absolute atomic E-state index is 4.00. The highest BCUT2D eigenvalue weighted by atomic mass is 15.0. The van der Waals surface area contributed by atoms with Crippen molar-refractivity contribution in [2.75, 3.05) is 0 Å². The molecule has 0 aromatic rings. The van der Waals surface area contributed by atoms with E-state index in [1.165, 1.54) is 51.4 Å². The molecule has 0 spiro atoms. The second kappa shape index (κ2) is 6.22. The zero-order chi connectivity index (χ0) is 12.3. The molecule has 2 fully saturated rings. The number of nitrogens with one attached hydrogen (secondary N) is 1. The first-order valence-corrected chi connectivity index (χ1v) is 7.96. The molecule has 0 heterocycles. The van der Waals surface area contributed by atoms with E-state index in [9.17, 15) is 0 Å². The fourth-order valence-corrected chi connectivity index (χ4v) is 4.02. The van der Waals surface area contributed by atoms with Gasteiger partial charge in [-0.25, -0.2) is 0 Å². The molecule has 1 N–H and O–H groups in total. The fourth-order valence-electron chi connectivity index (χ4n) is 4.02. The summed E-state index contributed by atoms with van der Waals surface area (Å²) in [6.07, 6.45) is 11.5. The second-order valence-electron chi connectivity index (χ2n) is 6.70. The fraction of sp³-hybridized carbons (Fsp3) is 1.00. The molecule has 0 saturated heterocycles. The highest BCUT2D eigenvalue weighted by molar-refractivity contribution is 4.87. The molecule has 0 amide bonds. The molecule has 2 unspecified atom stereocenters. The van der Waals surface area contributed by atoms with Crippen LogP contribution in [0.2, 0.25) is 0 Å². The lowest BCUT2D eigenvalue weighted by atomic mass is 9.77. The van der Waals surface area contributed by atoms with Crippen LogP contribution in [0.5, 0.6) is 0 Å². The molecule has 0 aromatic heterocycles. The van der Waals surface area contributed by atoms with Crippen molar-refractivity contribution in [2.24, 2.45) is 17.8 Å². The van der Waals surface area contributed by atoms with E-state index in [2.05, 4.69) is 26.1 Å². The van der Waals surface area contributed by atoms with Gasteiger partial charge in [-0.15, -0.1) is 0 Å². The van der Waals surface area contributed by atoms with Crippen LogP contribution in [0.1, 0.15) is 72.1 Å². The lowest BCUT2D eigenvalue weighted by molar-refractivity contribution is 0.169. The zero-order valence-electron chi connectivity index (χ0n) is 12.0. The molecule has 2 rings (SSSR count). The topological polar surface area (TPSA) is 12.0 Å². The van der Waals surface area contributed by atoms with Crippen LogP contribution in [0.4, 0.5) is 0 Å². The van der Waals surface area contributed by atoms with Gasteiger partial charge in [0.1, 0.15) is 0 Å². The normalized spacial score (nSPS) is 43.6. The number of hydrogen-bond acceptors (Lipinski definition) is 1. The largest absolute Gasteiger partial charge is 0.311 e. The van der Waals surface area contributed by atoms with Crippen LogP contribution in [-0.4, -0.2) is 12.1 Å². The van der Waals surface area contributed by atoms with Crippen LogP contribution in [0.15, 0.2) is 0 Å². The summed E-state index contributed by atoms with van der Waals surface area (Å²) in [7, 11) is 0. The maximum atomic E-state index is 4.00. The molecule has 2 aliphatic rings. The average molecular weight is 237 g/mol. The van der Waals surface area contributed by atoms with Gasteiger partial charge >= 0.3 is 0 Å². The van der Waals surface area contributed by atoms with Gasteiger partial charge in [-0.1, -0.05) is 33.6 Å². The summed E-state index contributed by atoms with van der Waals surface area (Å²) >= 11 is 0. The van der Waals surface area contributed by atoms with E-state index in [1.54, 1.807) is 0 Å². The van der Waals surface area contributed by atoms with Gasteiger partial charge in [-0.2, -0.15) is 0 Å². The van der Waals surface area contributed by atoms with Gasteiger partial charge in [0, 0.05) is 12.1 Å². The summed E-state index contributed by atoms with van der Waals surface area (Å²) in [5.41, 5.74) is 0. The standard InChI is InChI=1S/C16H31N/c1-4-14-8-10-15(11-9-14)17-16-12(2)6-5-7-13(16)3/h12-17H,4-11H2,1-3H3. The SMILES string of the molecule is CCC1CCC(NC2C(C)CCCC2C)CC1. The van der Waals surface area contributed by atoms with Crippen molar-refractivity contribution < 1.29 is 0 Å². The Bertz CT molecular complexity index is 208. The first-order chi connectivity index (χ1) is 8.20. The molecule has 2 saturated carbocycles. The molecule has 0 aliphatic heterocycles. The summed E-state index contributed by atoms with van der Waals surface area (Å²) in [6, 6.07) is 1.62. The lowest BCUT2D eigenvalue weighted by Gasteiger charge is -2.40. The minimum Gasteiger partial charge on any atom is -0.311 e. The Morgan fingerprint density at radius 3 is 2.00 bits per heavy atom. The Morgan fingerprint density at radius 1 is 0.882 bits per heavy atom. The molecular formula is C16H31N. The first kappa shape index (κ1) is 13.4. The molecule has 0 radical (unpaired) electrons. The van der Waals surface area contributed by atoms with Gasteiger partial charge in [0.25, 0.3) is 0 Å². The van der Waals surface area contributed by atoms with Crippen LogP contribution in [-0.2, 0) is 0 Å². The minimum atomic E-state index is 0.798. The average Bonchev–Trinajstić information content (AvgIpc) is 2.35. The third-order valence-electron chi connectivity index (χ3n) is 5.40. The Morgan fingerprint density at radius 2 is 1.47 bits per heavy atom. The summed E-state index contributed by atoms with van der Waals surface area (Å²) in [4.78, 5) is 0. The summed E-state index contributed by atoms with van der Waals surface area (Å²) in [5.74, 6) is 2.81. The predicted octanol–water partition coefficient (Wildman–Crippen LogP) is 4.37. The Labute approximate surface area is 108 Å². The highest BCUT2D eigenvalue weighted by Gasteiger charge is 2.30. The molecule has 17 heavy (non-hydrogen) atoms. The highest BCUT2D eigenvalue weighted by Crippen LogP contribution is 2.32. The zero-order valence-corrected chi connectivity index (χ0v) is 12.0. The molecule has 1 heteroatoms. The molecule has 1 nitrogen and oxygen atoms in total. The molecule has 2 atom stereocenters. The smallest absolute Gasteiger partial charge is 0.0121 e. The van der Waals surface area contributed by atoms with Gasteiger partial charge in [-0.3, -0.25) is 0 Å². The summed E-state index contributed by atoms with van der Waals surface area (Å²) in [6.45, 7) is 7.25. The molecule has 2 aliphatic carbocycles. The van der Waals surface area contributed by atoms with Crippen molar-refractivity contribution in [1.29, 1.82) is 0 Å². The van der Waals surface area contributed by atoms with Crippen LogP contribution in [0.3, 0.4) is 0 Å². The summed E-state index contributed by atoms with van der Waals surface area (Å²) < 4.78 is 0. The van der Waals surface area contributed by atoms with Crippen molar-refractivity contribution >= 4 is 0 Å². The number of hydrogen-bond donors (Lipinski definition) is 1. The van der Waals surface area contributed by atoms with E-state index in [4.69, 9.17) is 0 Å². The van der Waals surface area contributed by atoms with Gasteiger partial charge in [-0.05, 0) is 56.3 Å². The number of rotatable bonds is 3. The van der Waals surface area contributed by atoms with E-state index in [1.807, 2.05) is 0 Å². The van der Waals surface area contributed by atoms with Crippen LogP contribution >= 0.6 is 0 Å².